The molecule has 0 aromatic heterocycles. The zero-order valence-electron chi connectivity index (χ0n) is 33.5. The number of hydrogen-bond acceptors (Lipinski definition) is 12. The third-order valence-corrected chi connectivity index (χ3v) is 11.1. The van der Waals surface area contributed by atoms with Crippen molar-refractivity contribution in [2.45, 2.75) is 120 Å². The number of primary amides is 1. The normalized spacial score (nSPS) is 18.4. The van der Waals surface area contributed by atoms with Crippen molar-refractivity contribution in [3.63, 3.8) is 0 Å². The first-order valence-electron chi connectivity index (χ1n) is 19.9. The van der Waals surface area contributed by atoms with E-state index in [1.165, 1.54) is 5.48 Å². The van der Waals surface area contributed by atoms with Crippen LogP contribution >= 0.6 is 11.8 Å². The Balaban J connectivity index is 1.66. The number of carbonyl (C=O) groups is 9. The molecule has 2 aliphatic heterocycles. The van der Waals surface area contributed by atoms with Gasteiger partial charge in [-0.1, -0.05) is 20.3 Å². The van der Waals surface area contributed by atoms with Crippen molar-refractivity contribution in [2.75, 3.05) is 38.5 Å². The Morgan fingerprint density at radius 3 is 2.07 bits per heavy atom. The van der Waals surface area contributed by atoms with Gasteiger partial charge >= 0.3 is 6.03 Å². The van der Waals surface area contributed by atoms with Crippen LogP contribution in [0.4, 0.5) is 4.79 Å². The Morgan fingerprint density at radius 1 is 0.759 bits per heavy atom. The van der Waals surface area contributed by atoms with Gasteiger partial charge in [0, 0.05) is 36.3 Å². The van der Waals surface area contributed by atoms with Crippen LogP contribution in [0, 0.1) is 11.8 Å². The maximum absolute atomic E-state index is 12.9. The van der Waals surface area contributed by atoms with Gasteiger partial charge in [-0.15, -0.1) is 0 Å². The number of thioether (sulfide) groups is 1. The zero-order valence-corrected chi connectivity index (χ0v) is 34.3. The molecule has 328 valence electrons. The fourth-order valence-corrected chi connectivity index (χ4v) is 8.11. The highest BCUT2D eigenvalue weighted by atomic mass is 32.2. The largest absolute Gasteiger partial charge is 0.368 e. The Morgan fingerprint density at radius 2 is 1.40 bits per heavy atom. The summed E-state index contributed by atoms with van der Waals surface area (Å²) >= 11 is 1.84. The summed E-state index contributed by atoms with van der Waals surface area (Å²) in [5.74, 6) is -4.79. The first-order valence-corrected chi connectivity index (χ1v) is 21.0. The second-order valence-electron chi connectivity index (χ2n) is 14.9. The SMILES string of the molecule is CC(C)CC(CC(=O)NO)C(=O)NCC(=O)N[C@@H](CCCCN)C(=O)NCC(=O)NCC(=O)N[C@@H](CCCCNC(=O)CCCC[C@@H]1SC[C@@H]2NC(=O)N[C@@H]21)C(N)=O. The number of hydroxylamine groups is 1. The summed E-state index contributed by atoms with van der Waals surface area (Å²) in [7, 11) is 0. The van der Waals surface area contributed by atoms with Crippen LogP contribution in [-0.4, -0.2) is 126 Å². The first kappa shape index (κ1) is 49.4. The van der Waals surface area contributed by atoms with E-state index in [4.69, 9.17) is 16.7 Å². The van der Waals surface area contributed by atoms with E-state index in [1.54, 1.807) is 0 Å². The molecule has 10 amide bonds. The van der Waals surface area contributed by atoms with E-state index < -0.39 is 79.0 Å². The topological polar surface area (TPSA) is 334 Å². The molecule has 2 fully saturated rings. The van der Waals surface area contributed by atoms with Gasteiger partial charge in [-0.3, -0.25) is 43.6 Å². The number of fused-ring (bicyclic) bond motifs is 1. The molecule has 0 spiro atoms. The highest BCUT2D eigenvalue weighted by Crippen LogP contribution is 2.33. The van der Waals surface area contributed by atoms with Gasteiger partial charge in [0.1, 0.15) is 12.1 Å². The van der Waals surface area contributed by atoms with Crippen LogP contribution in [0.3, 0.4) is 0 Å². The van der Waals surface area contributed by atoms with Crippen molar-refractivity contribution in [3.8, 4) is 0 Å². The predicted molar refractivity (Wildman–Crippen MR) is 213 cm³/mol. The zero-order chi connectivity index (χ0) is 43.0. The molecule has 2 aliphatic rings. The summed E-state index contributed by atoms with van der Waals surface area (Å²) < 4.78 is 0. The van der Waals surface area contributed by atoms with Crippen LogP contribution in [0.1, 0.15) is 90.9 Å². The molecule has 0 saturated carbocycles. The van der Waals surface area contributed by atoms with Crippen molar-refractivity contribution in [3.05, 3.63) is 0 Å². The van der Waals surface area contributed by atoms with Crippen LogP contribution in [0.5, 0.6) is 0 Å². The molecule has 2 rings (SSSR count). The first-order chi connectivity index (χ1) is 27.6. The van der Waals surface area contributed by atoms with Gasteiger partial charge in [0.2, 0.25) is 47.3 Å². The van der Waals surface area contributed by atoms with Crippen molar-refractivity contribution in [1.82, 2.24) is 48.0 Å². The van der Waals surface area contributed by atoms with Gasteiger partial charge in [0.05, 0.1) is 31.7 Å². The number of carbonyl (C=O) groups excluding carboxylic acids is 9. The van der Waals surface area contributed by atoms with Gasteiger partial charge < -0.3 is 54.0 Å². The number of nitrogens with two attached hydrogens (primary N) is 2. The monoisotopic (exact) mass is 841 g/mol. The minimum Gasteiger partial charge on any atom is -0.368 e. The fraction of sp³-hybridized carbons (Fsp3) is 0.750. The standard InChI is InChI=1S/C36H63N11O10S/c1-21(2)15-22(16-28(49)47-57)34(54)41-19-31(52)44-24(10-5-7-13-37)35(55)42-17-29(50)40-18-30(51)43-23(33(38)53)9-6-8-14-39-27(48)12-4-3-11-26-32-25(20-58-26)45-36(56)46-32/h21-26,32,57H,3-20,37H2,1-2H3,(H2,38,53)(H,39,48)(H,40,50)(H,41,54)(H,42,55)(H,43,51)(H,44,52)(H,47,49)(H2,45,46,56)/t22?,23-,24-,25-,26-,32-/m0/s1. The lowest BCUT2D eigenvalue weighted by molar-refractivity contribution is -0.136. The third-order valence-electron chi connectivity index (χ3n) is 9.58. The van der Waals surface area contributed by atoms with E-state index in [9.17, 15) is 43.2 Å². The van der Waals surface area contributed by atoms with Crippen LogP contribution in [0.2, 0.25) is 0 Å². The number of amides is 10. The van der Waals surface area contributed by atoms with Crippen LogP contribution in [0.15, 0.2) is 0 Å². The molecule has 0 radical (unpaired) electrons. The van der Waals surface area contributed by atoms with Crippen molar-refractivity contribution >= 4 is 65.1 Å². The summed E-state index contributed by atoms with van der Waals surface area (Å²) in [4.78, 5) is 111. The maximum Gasteiger partial charge on any atom is 0.315 e. The summed E-state index contributed by atoms with van der Waals surface area (Å²) in [6.07, 6.45) is 5.40. The molecule has 14 N–H and O–H groups in total. The van der Waals surface area contributed by atoms with Gasteiger partial charge in [-0.05, 0) is 70.3 Å². The highest BCUT2D eigenvalue weighted by molar-refractivity contribution is 8.00. The predicted octanol–water partition coefficient (Wildman–Crippen LogP) is -2.51. The summed E-state index contributed by atoms with van der Waals surface area (Å²) in [5, 5.41) is 30.1. The minimum absolute atomic E-state index is 0.0501. The van der Waals surface area contributed by atoms with Crippen molar-refractivity contribution < 1.29 is 48.4 Å². The average Bonchev–Trinajstić information content (AvgIpc) is 3.73. The van der Waals surface area contributed by atoms with Gasteiger partial charge in [0.15, 0.2) is 0 Å². The third kappa shape index (κ3) is 19.6. The Hall–Kier alpha value is -4.70. The molecule has 2 saturated heterocycles. The molecule has 0 bridgehead atoms. The van der Waals surface area contributed by atoms with Crippen molar-refractivity contribution in [2.24, 2.45) is 23.3 Å². The molecular weight excluding hydrogens is 779 g/mol. The molecule has 6 atom stereocenters. The van der Waals surface area contributed by atoms with E-state index in [0.717, 1.165) is 25.0 Å². The highest BCUT2D eigenvalue weighted by Gasteiger charge is 2.42. The quantitative estimate of drug-likeness (QED) is 0.0161. The van der Waals surface area contributed by atoms with Crippen LogP contribution < -0.4 is 59.5 Å². The minimum atomic E-state index is -1.07. The van der Waals surface area contributed by atoms with Gasteiger partial charge in [-0.2, -0.15) is 11.8 Å². The summed E-state index contributed by atoms with van der Waals surface area (Å²) in [5.41, 5.74) is 12.5. The molecular formula is C36H63N11O10S. The number of unbranched alkanes of at least 4 members (excludes halogenated alkanes) is 3. The van der Waals surface area contributed by atoms with Gasteiger partial charge in [-0.25, -0.2) is 10.3 Å². The lowest BCUT2D eigenvalue weighted by Crippen LogP contribution is -2.52. The van der Waals surface area contributed by atoms with Crippen molar-refractivity contribution in [1.29, 1.82) is 0 Å². The van der Waals surface area contributed by atoms with E-state index in [-0.39, 0.29) is 49.2 Å². The molecule has 0 aliphatic carbocycles. The average molecular weight is 842 g/mol. The molecule has 1 unspecified atom stereocenters. The second kappa shape index (κ2) is 27.1. The molecule has 22 heteroatoms. The molecule has 58 heavy (non-hydrogen) atoms. The number of nitrogens with one attached hydrogen (secondary N) is 9. The maximum atomic E-state index is 12.9. The molecule has 0 aromatic rings. The number of urea groups is 1. The fourth-order valence-electron chi connectivity index (χ4n) is 6.57. The van der Waals surface area contributed by atoms with Gasteiger partial charge in [0.25, 0.3) is 0 Å². The molecule has 2 heterocycles. The lowest BCUT2D eigenvalue weighted by atomic mass is 9.93. The molecule has 21 nitrogen and oxygen atoms in total. The molecule has 0 aromatic carbocycles. The number of rotatable bonds is 29. The van der Waals surface area contributed by atoms with E-state index in [0.29, 0.717) is 56.9 Å². The Labute approximate surface area is 342 Å². The van der Waals surface area contributed by atoms with E-state index in [1.807, 2.05) is 25.6 Å². The van der Waals surface area contributed by atoms with Crippen LogP contribution in [-0.2, 0) is 38.4 Å². The Bertz CT molecular complexity index is 1420. The van der Waals surface area contributed by atoms with Crippen LogP contribution in [0.25, 0.3) is 0 Å². The second-order valence-corrected chi connectivity index (χ2v) is 16.2. The summed E-state index contributed by atoms with van der Waals surface area (Å²) in [6.45, 7) is 2.92. The number of hydrogen-bond donors (Lipinski definition) is 12. The smallest absolute Gasteiger partial charge is 0.315 e. The van der Waals surface area contributed by atoms with E-state index in [2.05, 4.69) is 42.5 Å². The van der Waals surface area contributed by atoms with E-state index >= 15 is 0 Å². The lowest BCUT2D eigenvalue weighted by Gasteiger charge is -2.20. The summed E-state index contributed by atoms with van der Waals surface area (Å²) in [6, 6.07) is -1.88. The Kier molecular flexibility index (Phi) is 23.1.